The number of rotatable bonds is 5. The molecule has 2 unspecified atom stereocenters. The summed E-state index contributed by atoms with van der Waals surface area (Å²) in [6.07, 6.45) is -0.0883. The molecule has 1 aliphatic rings. The largest absolute Gasteiger partial charge is 0.394 e. The standard InChI is InChI=1S/C14H20FNO2S/c1-11-10-18-12(9-17)8-16(11)6-7-19-14-5-3-2-4-13(14)15/h2-5,11-12,17H,6-10H2,1H3. The molecule has 0 saturated carbocycles. The number of ether oxygens (including phenoxy) is 1. The van der Waals surface area contributed by atoms with Gasteiger partial charge < -0.3 is 9.84 Å². The average molecular weight is 285 g/mol. The Balaban J connectivity index is 1.80. The molecule has 2 atom stereocenters. The maximum Gasteiger partial charge on any atom is 0.136 e. The van der Waals surface area contributed by atoms with Gasteiger partial charge in [0.2, 0.25) is 0 Å². The second-order valence-electron chi connectivity index (χ2n) is 4.76. The van der Waals surface area contributed by atoms with Gasteiger partial charge in [-0.25, -0.2) is 4.39 Å². The van der Waals surface area contributed by atoms with Crippen molar-refractivity contribution in [1.82, 2.24) is 4.90 Å². The van der Waals surface area contributed by atoms with E-state index in [9.17, 15) is 4.39 Å². The molecule has 1 aliphatic heterocycles. The lowest BCUT2D eigenvalue weighted by molar-refractivity contribution is -0.0757. The van der Waals surface area contributed by atoms with Gasteiger partial charge in [0.15, 0.2) is 0 Å². The molecular formula is C14H20FNO2S. The SMILES string of the molecule is CC1COC(CO)CN1CCSc1ccccc1F. The van der Waals surface area contributed by atoms with Crippen molar-refractivity contribution in [2.75, 3.05) is 32.1 Å². The minimum absolute atomic E-state index is 0.0592. The van der Waals surface area contributed by atoms with Crippen molar-refractivity contribution in [2.24, 2.45) is 0 Å². The van der Waals surface area contributed by atoms with Crippen LogP contribution in [0.1, 0.15) is 6.92 Å². The molecule has 1 heterocycles. The summed E-state index contributed by atoms with van der Waals surface area (Å²) in [6.45, 7) is 4.44. The lowest BCUT2D eigenvalue weighted by Crippen LogP contribution is -2.50. The van der Waals surface area contributed by atoms with Gasteiger partial charge in [0, 0.05) is 29.8 Å². The quantitative estimate of drug-likeness (QED) is 0.839. The molecule has 0 aromatic heterocycles. The number of hydrogen-bond donors (Lipinski definition) is 1. The number of aliphatic hydroxyl groups is 1. The van der Waals surface area contributed by atoms with Crippen LogP contribution in [0, 0.1) is 5.82 Å². The third-order valence-corrected chi connectivity index (χ3v) is 4.34. The molecule has 1 aromatic carbocycles. The summed E-state index contributed by atoms with van der Waals surface area (Å²) in [4.78, 5) is 2.99. The lowest BCUT2D eigenvalue weighted by Gasteiger charge is -2.37. The van der Waals surface area contributed by atoms with Gasteiger partial charge >= 0.3 is 0 Å². The van der Waals surface area contributed by atoms with E-state index < -0.39 is 0 Å². The van der Waals surface area contributed by atoms with Gasteiger partial charge in [-0.15, -0.1) is 11.8 Å². The third kappa shape index (κ3) is 4.18. The Kier molecular flexibility index (Phi) is 5.63. The molecule has 1 aromatic rings. The molecule has 19 heavy (non-hydrogen) atoms. The molecule has 0 amide bonds. The van der Waals surface area contributed by atoms with Crippen LogP contribution in [0.15, 0.2) is 29.2 Å². The molecule has 0 radical (unpaired) electrons. The van der Waals surface area contributed by atoms with Crippen LogP contribution >= 0.6 is 11.8 Å². The zero-order chi connectivity index (χ0) is 13.7. The number of aliphatic hydroxyl groups excluding tert-OH is 1. The van der Waals surface area contributed by atoms with Gasteiger partial charge in [0.05, 0.1) is 19.3 Å². The van der Waals surface area contributed by atoms with Crippen LogP contribution in [0.3, 0.4) is 0 Å². The van der Waals surface area contributed by atoms with Crippen molar-refractivity contribution in [2.45, 2.75) is 24.0 Å². The predicted octanol–water partition coefficient (Wildman–Crippen LogP) is 2.00. The van der Waals surface area contributed by atoms with E-state index in [1.807, 2.05) is 6.07 Å². The number of nitrogens with zero attached hydrogens (tertiary/aromatic N) is 1. The first-order valence-corrected chi connectivity index (χ1v) is 7.53. The number of hydrogen-bond acceptors (Lipinski definition) is 4. The van der Waals surface area contributed by atoms with Gasteiger partial charge in [0.1, 0.15) is 5.82 Å². The minimum Gasteiger partial charge on any atom is -0.394 e. The minimum atomic E-state index is -0.157. The van der Waals surface area contributed by atoms with E-state index in [-0.39, 0.29) is 18.5 Å². The smallest absolute Gasteiger partial charge is 0.136 e. The van der Waals surface area contributed by atoms with Crippen molar-refractivity contribution in [3.63, 3.8) is 0 Å². The van der Waals surface area contributed by atoms with E-state index in [1.54, 1.807) is 12.1 Å². The highest BCUT2D eigenvalue weighted by Crippen LogP contribution is 2.22. The Morgan fingerprint density at radius 2 is 2.26 bits per heavy atom. The molecule has 3 nitrogen and oxygen atoms in total. The molecule has 2 rings (SSSR count). The second kappa shape index (κ2) is 7.24. The summed E-state index contributed by atoms with van der Waals surface area (Å²) < 4.78 is 19.0. The van der Waals surface area contributed by atoms with Crippen molar-refractivity contribution in [1.29, 1.82) is 0 Å². The van der Waals surface area contributed by atoms with E-state index in [4.69, 9.17) is 9.84 Å². The molecule has 5 heteroatoms. The average Bonchev–Trinajstić information content (AvgIpc) is 2.43. The van der Waals surface area contributed by atoms with Gasteiger partial charge in [-0.3, -0.25) is 4.90 Å². The van der Waals surface area contributed by atoms with Crippen molar-refractivity contribution >= 4 is 11.8 Å². The molecule has 0 aliphatic carbocycles. The maximum atomic E-state index is 13.5. The number of morpholine rings is 1. The topological polar surface area (TPSA) is 32.7 Å². The summed E-state index contributed by atoms with van der Waals surface area (Å²) in [5, 5.41) is 9.13. The van der Waals surface area contributed by atoms with E-state index in [0.29, 0.717) is 17.5 Å². The van der Waals surface area contributed by atoms with Crippen molar-refractivity contribution in [3.05, 3.63) is 30.1 Å². The van der Waals surface area contributed by atoms with Crippen molar-refractivity contribution in [3.8, 4) is 0 Å². The number of thioether (sulfide) groups is 1. The van der Waals surface area contributed by atoms with Gasteiger partial charge in [-0.2, -0.15) is 0 Å². The normalized spacial score (nSPS) is 24.6. The van der Waals surface area contributed by atoms with Crippen LogP contribution in [-0.4, -0.2) is 54.2 Å². The van der Waals surface area contributed by atoms with Crippen LogP contribution < -0.4 is 0 Å². The maximum absolute atomic E-state index is 13.5. The van der Waals surface area contributed by atoms with Gasteiger partial charge in [0.25, 0.3) is 0 Å². The van der Waals surface area contributed by atoms with E-state index in [1.165, 1.54) is 17.8 Å². The number of benzene rings is 1. The molecule has 1 N–H and O–H groups in total. The fourth-order valence-corrected chi connectivity index (χ4v) is 3.06. The summed E-state index contributed by atoms with van der Waals surface area (Å²) >= 11 is 1.53. The zero-order valence-electron chi connectivity index (χ0n) is 11.1. The first-order chi connectivity index (χ1) is 9.20. The van der Waals surface area contributed by atoms with Gasteiger partial charge in [-0.1, -0.05) is 12.1 Å². The lowest BCUT2D eigenvalue weighted by atomic mass is 10.2. The summed E-state index contributed by atoms with van der Waals surface area (Å²) in [5.74, 6) is 0.680. The van der Waals surface area contributed by atoms with Crippen molar-refractivity contribution < 1.29 is 14.2 Å². The molecule has 0 bridgehead atoms. The Morgan fingerprint density at radius 3 is 3.00 bits per heavy atom. The first-order valence-electron chi connectivity index (χ1n) is 6.54. The Morgan fingerprint density at radius 1 is 1.47 bits per heavy atom. The highest BCUT2D eigenvalue weighted by atomic mass is 32.2. The number of halogens is 1. The van der Waals surface area contributed by atoms with E-state index in [0.717, 1.165) is 18.8 Å². The monoisotopic (exact) mass is 285 g/mol. The highest BCUT2D eigenvalue weighted by molar-refractivity contribution is 7.99. The first kappa shape index (κ1) is 14.8. The van der Waals surface area contributed by atoms with Crippen LogP contribution in [0.4, 0.5) is 4.39 Å². The molecular weight excluding hydrogens is 265 g/mol. The predicted molar refractivity (Wildman–Crippen MR) is 75.0 cm³/mol. The molecule has 0 spiro atoms. The second-order valence-corrected chi connectivity index (χ2v) is 5.90. The third-order valence-electron chi connectivity index (χ3n) is 3.31. The molecule has 1 saturated heterocycles. The molecule has 106 valence electrons. The van der Waals surface area contributed by atoms with Gasteiger partial charge in [-0.05, 0) is 19.1 Å². The van der Waals surface area contributed by atoms with E-state index in [2.05, 4.69) is 11.8 Å². The summed E-state index contributed by atoms with van der Waals surface area (Å²) in [6, 6.07) is 7.20. The van der Waals surface area contributed by atoms with Crippen LogP contribution in [0.2, 0.25) is 0 Å². The Hall–Kier alpha value is -0.620. The Labute approximate surface area is 117 Å². The summed E-state index contributed by atoms with van der Waals surface area (Å²) in [7, 11) is 0. The van der Waals surface area contributed by atoms with Crippen LogP contribution in [0.5, 0.6) is 0 Å². The summed E-state index contributed by atoms with van der Waals surface area (Å²) in [5.41, 5.74) is 0. The van der Waals surface area contributed by atoms with Crippen LogP contribution in [0.25, 0.3) is 0 Å². The fourth-order valence-electron chi connectivity index (χ4n) is 2.13. The highest BCUT2D eigenvalue weighted by Gasteiger charge is 2.25. The zero-order valence-corrected chi connectivity index (χ0v) is 11.9. The fraction of sp³-hybridized carbons (Fsp3) is 0.571. The Bertz CT molecular complexity index is 405. The van der Waals surface area contributed by atoms with E-state index >= 15 is 0 Å². The molecule has 1 fully saturated rings. The van der Waals surface area contributed by atoms with Crippen LogP contribution in [-0.2, 0) is 4.74 Å².